The second-order valence-corrected chi connectivity index (χ2v) is 8.37. The van der Waals surface area contributed by atoms with E-state index in [1.165, 1.54) is 0 Å². The first-order valence-electron chi connectivity index (χ1n) is 8.89. The van der Waals surface area contributed by atoms with Gasteiger partial charge in [0.05, 0.1) is 16.7 Å². The molecule has 0 atom stereocenters. The van der Waals surface area contributed by atoms with Gasteiger partial charge in [0.15, 0.2) is 0 Å². The van der Waals surface area contributed by atoms with Gasteiger partial charge in [-0.3, -0.25) is 0 Å². The molecule has 0 aliphatic carbocycles. The van der Waals surface area contributed by atoms with Crippen molar-refractivity contribution < 1.29 is 14.6 Å². The summed E-state index contributed by atoms with van der Waals surface area (Å²) in [6.45, 7) is 7.08. The van der Waals surface area contributed by atoms with Crippen LogP contribution in [0.1, 0.15) is 49.2 Å². The number of hydrogen-bond acceptors (Lipinski definition) is 6. The molecule has 2 N–H and O–H groups in total. The van der Waals surface area contributed by atoms with Gasteiger partial charge in [0.2, 0.25) is 5.95 Å². The number of esters is 1. The third-order valence-electron chi connectivity index (χ3n) is 4.80. The molecular weight excluding hydrogens is 378 g/mol. The Morgan fingerprint density at radius 2 is 1.96 bits per heavy atom. The van der Waals surface area contributed by atoms with Gasteiger partial charge >= 0.3 is 5.97 Å². The van der Waals surface area contributed by atoms with E-state index in [4.69, 9.17) is 16.3 Å². The van der Waals surface area contributed by atoms with Gasteiger partial charge in [0.25, 0.3) is 0 Å². The molecule has 0 saturated carbocycles. The molecule has 2 aromatic carbocycles. The summed E-state index contributed by atoms with van der Waals surface area (Å²) in [5.74, 6) is 0.0588. The number of fused-ring (bicyclic) bond motifs is 2. The Balaban J connectivity index is 1.76. The molecule has 1 aliphatic heterocycles. The minimum absolute atomic E-state index is 0.319. The highest BCUT2D eigenvalue weighted by atomic mass is 35.5. The van der Waals surface area contributed by atoms with Gasteiger partial charge in [-0.25, -0.2) is 14.8 Å². The molecule has 3 aromatic rings. The molecule has 1 aliphatic rings. The zero-order chi connectivity index (χ0) is 20.3. The number of ether oxygens (including phenoxy) is 1. The van der Waals surface area contributed by atoms with Crippen molar-refractivity contribution in [2.24, 2.45) is 0 Å². The molecular formula is C21H20ClN3O3. The van der Waals surface area contributed by atoms with Crippen molar-refractivity contribution in [3.63, 3.8) is 0 Å². The Hall–Kier alpha value is -2.70. The zero-order valence-electron chi connectivity index (χ0n) is 16.0. The number of rotatable bonds is 3. The van der Waals surface area contributed by atoms with Gasteiger partial charge in [0, 0.05) is 33.4 Å². The number of benzene rings is 2. The number of hydrogen-bond donors (Lipinski definition) is 2. The average Bonchev–Trinajstić information content (AvgIpc) is 2.82. The van der Waals surface area contributed by atoms with Crippen LogP contribution in [0, 0.1) is 0 Å². The lowest BCUT2D eigenvalue weighted by atomic mass is 9.95. The topological polar surface area (TPSA) is 84.3 Å². The molecule has 0 radical (unpaired) electrons. The summed E-state index contributed by atoms with van der Waals surface area (Å²) < 4.78 is 5.41. The van der Waals surface area contributed by atoms with E-state index in [-0.39, 0.29) is 5.97 Å². The maximum atomic E-state index is 12.0. The Labute approximate surface area is 167 Å². The molecule has 6 nitrogen and oxygen atoms in total. The van der Waals surface area contributed by atoms with Crippen LogP contribution in [-0.4, -0.2) is 21.0 Å². The summed E-state index contributed by atoms with van der Waals surface area (Å²) >= 11 is 6.17. The Kier molecular flexibility index (Phi) is 4.10. The van der Waals surface area contributed by atoms with E-state index in [1.807, 2.05) is 19.9 Å². The van der Waals surface area contributed by atoms with Crippen molar-refractivity contribution >= 4 is 40.1 Å². The number of aliphatic hydroxyl groups is 1. The van der Waals surface area contributed by atoms with Gasteiger partial charge in [-0.2, -0.15) is 0 Å². The lowest BCUT2D eigenvalue weighted by molar-refractivity contribution is 0.00954. The molecule has 0 bridgehead atoms. The first kappa shape index (κ1) is 18.7. The molecule has 0 amide bonds. The Bertz CT molecular complexity index is 1120. The van der Waals surface area contributed by atoms with Crippen molar-refractivity contribution in [1.29, 1.82) is 0 Å². The molecule has 2 heterocycles. The van der Waals surface area contributed by atoms with E-state index in [1.54, 1.807) is 44.3 Å². The standard InChI is InChI=1S/C21H20ClN3O3/c1-20(2,27)16-8-12(22)7-11-10-23-19(25-17(11)16)24-13-5-6-14-15(9-13)21(3,4)28-18(14)26/h5-10,27H,1-4H3,(H,23,24,25). The third-order valence-corrected chi connectivity index (χ3v) is 5.02. The number of nitrogens with zero attached hydrogens (tertiary/aromatic N) is 2. The van der Waals surface area contributed by atoms with Crippen molar-refractivity contribution in [2.45, 2.75) is 38.9 Å². The highest BCUT2D eigenvalue weighted by Crippen LogP contribution is 2.37. The predicted octanol–water partition coefficient (Wildman–Crippen LogP) is 4.66. The first-order valence-corrected chi connectivity index (χ1v) is 9.26. The lowest BCUT2D eigenvalue weighted by Gasteiger charge is -2.20. The van der Waals surface area contributed by atoms with Gasteiger partial charge in [0.1, 0.15) is 5.60 Å². The number of anilines is 2. The van der Waals surface area contributed by atoms with Gasteiger partial charge < -0.3 is 15.2 Å². The number of carbonyl (C=O) groups is 1. The summed E-state index contributed by atoms with van der Waals surface area (Å²) in [6, 6.07) is 8.86. The van der Waals surface area contributed by atoms with Crippen LogP contribution in [0.3, 0.4) is 0 Å². The molecule has 1 aromatic heterocycles. The fourth-order valence-corrected chi connectivity index (χ4v) is 3.63. The fraction of sp³-hybridized carbons (Fsp3) is 0.286. The molecule has 28 heavy (non-hydrogen) atoms. The minimum atomic E-state index is -1.11. The van der Waals surface area contributed by atoms with Crippen molar-refractivity contribution in [3.05, 3.63) is 58.2 Å². The van der Waals surface area contributed by atoms with Crippen LogP contribution in [0.25, 0.3) is 10.9 Å². The summed E-state index contributed by atoms with van der Waals surface area (Å²) in [6.07, 6.45) is 1.66. The second kappa shape index (κ2) is 6.15. The number of nitrogens with one attached hydrogen (secondary N) is 1. The molecule has 0 unspecified atom stereocenters. The van der Waals surface area contributed by atoms with Gasteiger partial charge in [-0.15, -0.1) is 0 Å². The Morgan fingerprint density at radius 1 is 1.21 bits per heavy atom. The van der Waals surface area contributed by atoms with Crippen LogP contribution < -0.4 is 5.32 Å². The maximum absolute atomic E-state index is 12.0. The van der Waals surface area contributed by atoms with Crippen LogP contribution in [0.15, 0.2) is 36.5 Å². The number of carbonyl (C=O) groups excluding carboxylic acids is 1. The van der Waals surface area contributed by atoms with E-state index in [9.17, 15) is 9.90 Å². The van der Waals surface area contributed by atoms with Crippen molar-refractivity contribution in [3.8, 4) is 0 Å². The van der Waals surface area contributed by atoms with Crippen LogP contribution in [0.5, 0.6) is 0 Å². The van der Waals surface area contributed by atoms with Gasteiger partial charge in [-0.1, -0.05) is 11.6 Å². The molecule has 144 valence electrons. The van der Waals surface area contributed by atoms with Crippen LogP contribution in [-0.2, 0) is 15.9 Å². The van der Waals surface area contributed by atoms with Crippen LogP contribution in [0.4, 0.5) is 11.6 Å². The minimum Gasteiger partial charge on any atom is -0.451 e. The van der Waals surface area contributed by atoms with E-state index in [2.05, 4.69) is 15.3 Å². The normalized spacial score (nSPS) is 15.4. The summed E-state index contributed by atoms with van der Waals surface area (Å²) in [7, 11) is 0. The highest BCUT2D eigenvalue weighted by molar-refractivity contribution is 6.31. The molecule has 7 heteroatoms. The SMILES string of the molecule is CC(C)(O)c1cc(Cl)cc2cnc(Nc3ccc4c(c3)C(C)(C)OC4=O)nc12. The maximum Gasteiger partial charge on any atom is 0.339 e. The second-order valence-electron chi connectivity index (χ2n) is 7.93. The number of halogens is 1. The number of cyclic esters (lactones) is 1. The first-order chi connectivity index (χ1) is 13.0. The molecule has 0 saturated heterocycles. The third kappa shape index (κ3) is 3.19. The largest absolute Gasteiger partial charge is 0.451 e. The highest BCUT2D eigenvalue weighted by Gasteiger charge is 2.37. The smallest absolute Gasteiger partial charge is 0.339 e. The lowest BCUT2D eigenvalue weighted by Crippen LogP contribution is -2.17. The van der Waals surface area contributed by atoms with Crippen LogP contribution in [0.2, 0.25) is 5.02 Å². The summed E-state index contributed by atoms with van der Waals surface area (Å²) in [5, 5.41) is 14.9. The van der Waals surface area contributed by atoms with Crippen molar-refractivity contribution in [1.82, 2.24) is 9.97 Å². The number of aromatic nitrogens is 2. The fourth-order valence-electron chi connectivity index (χ4n) is 3.40. The van der Waals surface area contributed by atoms with Gasteiger partial charge in [-0.05, 0) is 58.0 Å². The van der Waals surface area contributed by atoms with Crippen LogP contribution >= 0.6 is 11.6 Å². The molecule has 0 spiro atoms. The Morgan fingerprint density at radius 3 is 2.68 bits per heavy atom. The molecule has 4 rings (SSSR count). The summed E-state index contributed by atoms with van der Waals surface area (Å²) in [4.78, 5) is 20.9. The van der Waals surface area contributed by atoms with E-state index in [0.717, 1.165) is 16.6 Å². The summed E-state index contributed by atoms with van der Waals surface area (Å²) in [5.41, 5.74) is 1.57. The zero-order valence-corrected chi connectivity index (χ0v) is 16.8. The molecule has 0 fully saturated rings. The van der Waals surface area contributed by atoms with E-state index < -0.39 is 11.2 Å². The van der Waals surface area contributed by atoms with E-state index >= 15 is 0 Å². The van der Waals surface area contributed by atoms with Crippen molar-refractivity contribution in [2.75, 3.05) is 5.32 Å². The van der Waals surface area contributed by atoms with E-state index in [0.29, 0.717) is 27.6 Å². The predicted molar refractivity (Wildman–Crippen MR) is 108 cm³/mol. The monoisotopic (exact) mass is 397 g/mol. The quantitative estimate of drug-likeness (QED) is 0.625. The average molecular weight is 398 g/mol.